The number of benzene rings is 1. The van der Waals surface area contributed by atoms with Crippen LogP contribution in [0.25, 0.3) is 10.2 Å². The molecule has 4 rings (SSSR count). The summed E-state index contributed by atoms with van der Waals surface area (Å²) in [6, 6.07) is 5.77. The van der Waals surface area contributed by atoms with Gasteiger partial charge in [-0.2, -0.15) is 0 Å². The molecule has 0 radical (unpaired) electrons. The first-order valence-electron chi connectivity index (χ1n) is 14.7. The summed E-state index contributed by atoms with van der Waals surface area (Å²) in [5.41, 5.74) is 4.49. The first-order chi connectivity index (χ1) is 19.8. The Kier molecular flexibility index (Phi) is 9.32. The highest BCUT2D eigenvalue weighted by Gasteiger charge is 2.35. The van der Waals surface area contributed by atoms with Crippen LogP contribution in [0.2, 0.25) is 0 Å². The van der Waals surface area contributed by atoms with E-state index in [-0.39, 0.29) is 39.6 Å². The topological polar surface area (TPSA) is 146 Å². The standard InChI is InChI=1S/C31H42N4O6S/c1-7-33-26(37)25-18(4)23-27(38)35(31(5,6)29(32)39)30(40)34(28(23)42-25)16-21(36)24-20(19-12-9-8-10-13-19)14-11-15-22(24)41-17(2)3/h11,14-15,17,19,21,36H,7-10,12-13,16H2,1-6H3,(H2,32,39)(H,33,37)/t21-/m0/s1. The lowest BCUT2D eigenvalue weighted by molar-refractivity contribution is -0.125. The van der Waals surface area contributed by atoms with Crippen molar-refractivity contribution >= 4 is 33.4 Å². The molecule has 2 aromatic heterocycles. The predicted molar refractivity (Wildman–Crippen MR) is 165 cm³/mol. The van der Waals surface area contributed by atoms with Crippen molar-refractivity contribution in [3.05, 3.63) is 60.6 Å². The second-order valence-electron chi connectivity index (χ2n) is 11.8. The molecule has 4 N–H and O–H groups in total. The van der Waals surface area contributed by atoms with Crippen LogP contribution in [0.3, 0.4) is 0 Å². The minimum atomic E-state index is -1.67. The normalized spacial score (nSPS) is 15.2. The maximum absolute atomic E-state index is 14.1. The minimum absolute atomic E-state index is 0.140. The maximum Gasteiger partial charge on any atom is 0.333 e. The summed E-state index contributed by atoms with van der Waals surface area (Å²) in [4.78, 5) is 53.8. The Hall–Kier alpha value is -3.44. The van der Waals surface area contributed by atoms with Crippen molar-refractivity contribution in [2.45, 2.75) is 104 Å². The molecule has 1 saturated carbocycles. The molecule has 0 spiro atoms. The predicted octanol–water partition coefficient (Wildman–Crippen LogP) is 4.07. The van der Waals surface area contributed by atoms with E-state index in [0.29, 0.717) is 23.4 Å². The van der Waals surface area contributed by atoms with Crippen LogP contribution in [-0.4, -0.2) is 38.7 Å². The lowest BCUT2D eigenvalue weighted by Gasteiger charge is -2.29. The van der Waals surface area contributed by atoms with E-state index in [1.807, 2.05) is 32.0 Å². The van der Waals surface area contributed by atoms with Gasteiger partial charge in [0.25, 0.3) is 11.5 Å². The van der Waals surface area contributed by atoms with Gasteiger partial charge in [0.2, 0.25) is 5.91 Å². The fourth-order valence-electron chi connectivity index (χ4n) is 5.88. The van der Waals surface area contributed by atoms with E-state index in [4.69, 9.17) is 10.5 Å². The van der Waals surface area contributed by atoms with Crippen molar-refractivity contribution in [3.8, 4) is 5.75 Å². The number of aliphatic hydroxyl groups is 1. The highest BCUT2D eigenvalue weighted by atomic mass is 32.1. The van der Waals surface area contributed by atoms with Crippen molar-refractivity contribution in [1.29, 1.82) is 0 Å². The molecule has 11 heteroatoms. The zero-order chi connectivity index (χ0) is 30.9. The molecule has 2 heterocycles. The molecule has 3 aromatic rings. The van der Waals surface area contributed by atoms with Gasteiger partial charge < -0.3 is 20.9 Å². The molecular weight excluding hydrogens is 556 g/mol. The number of nitrogens with zero attached hydrogens (tertiary/aromatic N) is 2. The number of fused-ring (bicyclic) bond motifs is 1. The molecule has 0 bridgehead atoms. The molecule has 1 fully saturated rings. The summed E-state index contributed by atoms with van der Waals surface area (Å²) in [6.45, 7) is 10.2. The lowest BCUT2D eigenvalue weighted by Crippen LogP contribution is -2.54. The largest absolute Gasteiger partial charge is 0.491 e. The summed E-state index contributed by atoms with van der Waals surface area (Å²) in [7, 11) is 0. The van der Waals surface area contributed by atoms with Gasteiger partial charge in [0.05, 0.1) is 22.9 Å². The molecule has 0 unspecified atom stereocenters. The number of aromatic nitrogens is 2. The van der Waals surface area contributed by atoms with Crippen LogP contribution in [0.5, 0.6) is 5.75 Å². The Morgan fingerprint density at radius 2 is 1.86 bits per heavy atom. The number of amides is 2. The van der Waals surface area contributed by atoms with E-state index in [0.717, 1.165) is 47.2 Å². The van der Waals surface area contributed by atoms with Crippen LogP contribution in [0.1, 0.15) is 105 Å². The monoisotopic (exact) mass is 598 g/mol. The number of nitrogens with one attached hydrogen (secondary N) is 1. The van der Waals surface area contributed by atoms with Crippen molar-refractivity contribution < 1.29 is 19.4 Å². The Morgan fingerprint density at radius 3 is 2.45 bits per heavy atom. The molecule has 42 heavy (non-hydrogen) atoms. The van der Waals surface area contributed by atoms with Crippen molar-refractivity contribution in [1.82, 2.24) is 14.5 Å². The highest BCUT2D eigenvalue weighted by Crippen LogP contribution is 2.41. The number of hydrogen-bond donors (Lipinski definition) is 3. The fourth-order valence-corrected chi connectivity index (χ4v) is 7.09. The molecule has 0 saturated heterocycles. The van der Waals surface area contributed by atoms with Crippen molar-refractivity contribution in [3.63, 3.8) is 0 Å². The molecule has 1 aromatic carbocycles. The van der Waals surface area contributed by atoms with E-state index in [1.54, 1.807) is 13.8 Å². The lowest BCUT2D eigenvalue weighted by atomic mass is 9.81. The molecule has 0 aliphatic heterocycles. The molecular formula is C31H42N4O6S. The highest BCUT2D eigenvalue weighted by molar-refractivity contribution is 7.20. The number of nitrogens with two attached hydrogens (primary N) is 1. The second kappa shape index (κ2) is 12.4. The Labute approximate surface area is 249 Å². The van der Waals surface area contributed by atoms with Gasteiger partial charge in [0, 0.05) is 12.1 Å². The van der Waals surface area contributed by atoms with Gasteiger partial charge in [-0.05, 0) is 77.5 Å². The van der Waals surface area contributed by atoms with E-state index < -0.39 is 28.8 Å². The molecule has 10 nitrogen and oxygen atoms in total. The number of carbonyl (C=O) groups excluding carboxylic acids is 2. The van der Waals surface area contributed by atoms with Gasteiger partial charge in [0.15, 0.2) is 0 Å². The third-order valence-electron chi connectivity index (χ3n) is 8.11. The zero-order valence-electron chi connectivity index (χ0n) is 25.3. The second-order valence-corrected chi connectivity index (χ2v) is 12.8. The molecule has 1 atom stereocenters. The first kappa shape index (κ1) is 31.5. The SMILES string of the molecule is CCNC(=O)c1sc2c(c1C)c(=O)n(C(C)(C)C(N)=O)c(=O)n2C[C@H](O)c1c(OC(C)C)cccc1C1CCCCC1. The van der Waals surface area contributed by atoms with Gasteiger partial charge >= 0.3 is 5.69 Å². The van der Waals surface area contributed by atoms with Gasteiger partial charge in [-0.15, -0.1) is 11.3 Å². The van der Waals surface area contributed by atoms with Crippen LogP contribution in [-0.2, 0) is 16.9 Å². The minimum Gasteiger partial charge on any atom is -0.491 e. The number of thiophene rings is 1. The summed E-state index contributed by atoms with van der Waals surface area (Å²) >= 11 is 1.02. The Morgan fingerprint density at radius 1 is 1.19 bits per heavy atom. The summed E-state index contributed by atoms with van der Waals surface area (Å²) in [5, 5.41) is 14.8. The summed E-state index contributed by atoms with van der Waals surface area (Å²) in [5.74, 6) is -0.445. The number of rotatable bonds is 10. The molecule has 2 amide bonds. The fraction of sp³-hybridized carbons (Fsp3) is 0.548. The third kappa shape index (κ3) is 5.76. The molecule has 1 aliphatic rings. The van der Waals surface area contributed by atoms with E-state index in [1.165, 1.54) is 24.8 Å². The Bertz CT molecular complexity index is 1610. The number of primary amides is 1. The van der Waals surface area contributed by atoms with E-state index >= 15 is 0 Å². The molecule has 1 aliphatic carbocycles. The van der Waals surface area contributed by atoms with Gasteiger partial charge in [-0.25, -0.2) is 9.36 Å². The van der Waals surface area contributed by atoms with Crippen LogP contribution in [0, 0.1) is 6.92 Å². The van der Waals surface area contributed by atoms with Crippen LogP contribution < -0.4 is 27.0 Å². The van der Waals surface area contributed by atoms with Gasteiger partial charge in [0.1, 0.15) is 22.2 Å². The zero-order valence-corrected chi connectivity index (χ0v) is 26.1. The number of hydrogen-bond acceptors (Lipinski definition) is 7. The molecule has 228 valence electrons. The Balaban J connectivity index is 1.98. The maximum atomic E-state index is 14.1. The number of aryl methyl sites for hydroxylation is 1. The average Bonchev–Trinajstić information content (AvgIpc) is 3.28. The van der Waals surface area contributed by atoms with E-state index in [9.17, 15) is 24.3 Å². The van der Waals surface area contributed by atoms with Crippen LogP contribution in [0.4, 0.5) is 0 Å². The first-order valence-corrected chi connectivity index (χ1v) is 15.5. The number of aliphatic hydroxyl groups excluding tert-OH is 1. The van der Waals surface area contributed by atoms with Crippen molar-refractivity contribution in [2.24, 2.45) is 5.73 Å². The van der Waals surface area contributed by atoms with Crippen LogP contribution in [0.15, 0.2) is 27.8 Å². The van der Waals surface area contributed by atoms with Crippen molar-refractivity contribution in [2.75, 3.05) is 6.54 Å². The number of ether oxygens (including phenoxy) is 1. The van der Waals surface area contributed by atoms with Crippen LogP contribution >= 0.6 is 11.3 Å². The smallest absolute Gasteiger partial charge is 0.333 e. The van der Waals surface area contributed by atoms with E-state index in [2.05, 4.69) is 5.32 Å². The van der Waals surface area contributed by atoms with Gasteiger partial charge in [-0.1, -0.05) is 31.4 Å². The third-order valence-corrected chi connectivity index (χ3v) is 9.43. The quantitative estimate of drug-likeness (QED) is 0.321. The van der Waals surface area contributed by atoms with Gasteiger partial charge in [-0.3, -0.25) is 19.0 Å². The average molecular weight is 599 g/mol. The summed E-state index contributed by atoms with van der Waals surface area (Å²) in [6.07, 6.45) is 4.02. The summed E-state index contributed by atoms with van der Waals surface area (Å²) < 4.78 is 8.28. The number of carbonyl (C=O) groups is 2.